The summed E-state index contributed by atoms with van der Waals surface area (Å²) < 4.78 is 4.08. The zero-order chi connectivity index (χ0) is 14.0. The molecule has 0 aromatic carbocycles. The molecule has 0 saturated heterocycles. The summed E-state index contributed by atoms with van der Waals surface area (Å²) in [5, 5.41) is 4.28. The van der Waals surface area contributed by atoms with Gasteiger partial charge in [0.05, 0.1) is 19.1 Å². The van der Waals surface area contributed by atoms with E-state index in [0.29, 0.717) is 18.4 Å². The summed E-state index contributed by atoms with van der Waals surface area (Å²) in [4.78, 5) is 4.29. The van der Waals surface area contributed by atoms with Crippen LogP contribution < -0.4 is 5.73 Å². The van der Waals surface area contributed by atoms with Crippen LogP contribution in [0.15, 0.2) is 18.7 Å². The van der Waals surface area contributed by atoms with Gasteiger partial charge in [-0.05, 0) is 12.8 Å². The lowest BCUT2D eigenvalue weighted by Crippen LogP contribution is -2.21. The minimum atomic E-state index is 0.347. The average molecular weight is 261 g/mol. The molecule has 0 radical (unpaired) electrons. The van der Waals surface area contributed by atoms with Gasteiger partial charge in [0, 0.05) is 42.7 Å². The van der Waals surface area contributed by atoms with Crippen molar-refractivity contribution in [3.8, 4) is 0 Å². The van der Waals surface area contributed by atoms with E-state index in [1.165, 1.54) is 17.0 Å². The lowest BCUT2D eigenvalue weighted by molar-refractivity contribution is 0.478. The van der Waals surface area contributed by atoms with Crippen LogP contribution in [-0.4, -0.2) is 25.9 Å². The van der Waals surface area contributed by atoms with Gasteiger partial charge in [0.15, 0.2) is 0 Å². The summed E-state index contributed by atoms with van der Waals surface area (Å²) in [6, 6.07) is 0. The average Bonchev–Trinajstić information content (AvgIpc) is 2.93. The van der Waals surface area contributed by atoms with Crippen LogP contribution >= 0.6 is 0 Å². The SMILES string of the molecule is Cc1c(Cn2cncc2C(CN)C(C)C)cnn1C. The highest BCUT2D eigenvalue weighted by Gasteiger charge is 2.18. The molecule has 1 atom stereocenters. The first kappa shape index (κ1) is 13.8. The third kappa shape index (κ3) is 2.71. The fourth-order valence-electron chi connectivity index (χ4n) is 2.39. The molecule has 0 aliphatic rings. The van der Waals surface area contributed by atoms with Gasteiger partial charge in [-0.15, -0.1) is 0 Å². The second kappa shape index (κ2) is 5.57. The number of nitrogens with zero attached hydrogens (tertiary/aromatic N) is 4. The minimum Gasteiger partial charge on any atom is -0.330 e. The Labute approximate surface area is 114 Å². The van der Waals surface area contributed by atoms with Crippen LogP contribution in [0.3, 0.4) is 0 Å². The molecule has 0 fully saturated rings. The van der Waals surface area contributed by atoms with Crippen molar-refractivity contribution in [2.24, 2.45) is 18.7 Å². The van der Waals surface area contributed by atoms with E-state index in [9.17, 15) is 0 Å². The zero-order valence-electron chi connectivity index (χ0n) is 12.2. The molecule has 2 N–H and O–H groups in total. The Morgan fingerprint density at radius 2 is 2.05 bits per heavy atom. The number of nitrogens with two attached hydrogens (primary N) is 1. The summed E-state index contributed by atoms with van der Waals surface area (Å²) in [7, 11) is 1.96. The molecule has 0 spiro atoms. The molecule has 104 valence electrons. The van der Waals surface area contributed by atoms with Crippen molar-refractivity contribution in [3.63, 3.8) is 0 Å². The van der Waals surface area contributed by atoms with Crippen molar-refractivity contribution in [2.45, 2.75) is 33.2 Å². The molecule has 0 saturated carbocycles. The van der Waals surface area contributed by atoms with E-state index in [1.807, 2.05) is 30.5 Å². The summed E-state index contributed by atoms with van der Waals surface area (Å²) in [5.41, 5.74) is 9.52. The lowest BCUT2D eigenvalue weighted by Gasteiger charge is -2.20. The lowest BCUT2D eigenvalue weighted by atomic mass is 9.93. The van der Waals surface area contributed by atoms with E-state index >= 15 is 0 Å². The minimum absolute atomic E-state index is 0.347. The van der Waals surface area contributed by atoms with Gasteiger partial charge < -0.3 is 10.3 Å². The third-order valence-corrected chi connectivity index (χ3v) is 3.86. The van der Waals surface area contributed by atoms with Crippen LogP contribution in [0.2, 0.25) is 0 Å². The van der Waals surface area contributed by atoms with Crippen molar-refractivity contribution >= 4 is 0 Å². The van der Waals surface area contributed by atoms with Crippen molar-refractivity contribution in [2.75, 3.05) is 6.54 Å². The zero-order valence-corrected chi connectivity index (χ0v) is 12.2. The van der Waals surface area contributed by atoms with Gasteiger partial charge in [-0.2, -0.15) is 5.10 Å². The molecule has 2 heterocycles. The Morgan fingerprint density at radius 3 is 2.58 bits per heavy atom. The van der Waals surface area contributed by atoms with Gasteiger partial charge in [0.1, 0.15) is 0 Å². The van der Waals surface area contributed by atoms with Gasteiger partial charge >= 0.3 is 0 Å². The first-order chi connectivity index (χ1) is 9.04. The Hall–Kier alpha value is -1.62. The molecular formula is C14H23N5. The van der Waals surface area contributed by atoms with Crippen LogP contribution in [-0.2, 0) is 13.6 Å². The third-order valence-electron chi connectivity index (χ3n) is 3.86. The summed E-state index contributed by atoms with van der Waals surface area (Å²) in [6.45, 7) is 7.93. The fraction of sp³-hybridized carbons (Fsp3) is 0.571. The predicted octanol–water partition coefficient (Wildman–Crippen LogP) is 1.67. The van der Waals surface area contributed by atoms with Gasteiger partial charge in [-0.3, -0.25) is 4.68 Å². The fourth-order valence-corrected chi connectivity index (χ4v) is 2.39. The van der Waals surface area contributed by atoms with Crippen LogP contribution in [0.5, 0.6) is 0 Å². The van der Waals surface area contributed by atoms with E-state index in [0.717, 1.165) is 6.54 Å². The second-order valence-electron chi connectivity index (χ2n) is 5.41. The maximum atomic E-state index is 5.90. The van der Waals surface area contributed by atoms with Gasteiger partial charge in [0.2, 0.25) is 0 Å². The molecule has 5 nitrogen and oxygen atoms in total. The number of hydrogen-bond acceptors (Lipinski definition) is 3. The van der Waals surface area contributed by atoms with Crippen molar-refractivity contribution in [3.05, 3.63) is 35.7 Å². The molecule has 0 bridgehead atoms. The molecule has 19 heavy (non-hydrogen) atoms. The largest absolute Gasteiger partial charge is 0.330 e. The highest BCUT2D eigenvalue weighted by atomic mass is 15.3. The molecule has 2 aromatic heterocycles. The first-order valence-electron chi connectivity index (χ1n) is 6.72. The summed E-state index contributed by atoms with van der Waals surface area (Å²) in [5.74, 6) is 0.856. The summed E-state index contributed by atoms with van der Waals surface area (Å²) in [6.07, 6.45) is 5.74. The molecule has 2 rings (SSSR count). The second-order valence-corrected chi connectivity index (χ2v) is 5.41. The van der Waals surface area contributed by atoms with Gasteiger partial charge in [-0.25, -0.2) is 4.98 Å². The Bertz CT molecular complexity index is 538. The highest BCUT2D eigenvalue weighted by Crippen LogP contribution is 2.23. The quantitative estimate of drug-likeness (QED) is 0.890. The topological polar surface area (TPSA) is 61.7 Å². The van der Waals surface area contributed by atoms with E-state index in [4.69, 9.17) is 5.73 Å². The predicted molar refractivity (Wildman–Crippen MR) is 75.9 cm³/mol. The Kier molecular flexibility index (Phi) is 4.04. The monoisotopic (exact) mass is 261 g/mol. The molecular weight excluding hydrogens is 238 g/mol. The van der Waals surface area contributed by atoms with Crippen molar-refractivity contribution in [1.29, 1.82) is 0 Å². The van der Waals surface area contributed by atoms with Crippen LogP contribution in [0.25, 0.3) is 0 Å². The highest BCUT2D eigenvalue weighted by molar-refractivity contribution is 5.18. The van der Waals surface area contributed by atoms with Crippen LogP contribution in [0.4, 0.5) is 0 Å². The molecule has 2 aromatic rings. The van der Waals surface area contributed by atoms with Crippen LogP contribution in [0.1, 0.15) is 36.7 Å². The number of aromatic nitrogens is 4. The normalized spacial score (nSPS) is 13.2. The van der Waals surface area contributed by atoms with Gasteiger partial charge in [-0.1, -0.05) is 13.8 Å². The number of imidazole rings is 1. The van der Waals surface area contributed by atoms with Crippen molar-refractivity contribution < 1.29 is 0 Å². The molecule has 0 aliphatic heterocycles. The standard InChI is InChI=1S/C14H23N5/c1-10(2)13(5-15)14-7-16-9-19(14)8-12-6-17-18(4)11(12)3/h6-7,9-10,13H,5,8,15H2,1-4H3. The van der Waals surface area contributed by atoms with E-state index in [2.05, 4.69) is 35.4 Å². The van der Waals surface area contributed by atoms with Crippen molar-refractivity contribution in [1.82, 2.24) is 19.3 Å². The maximum absolute atomic E-state index is 5.90. The number of aryl methyl sites for hydroxylation is 1. The number of hydrogen-bond donors (Lipinski definition) is 1. The smallest absolute Gasteiger partial charge is 0.0951 e. The molecule has 5 heteroatoms. The molecule has 0 aliphatic carbocycles. The van der Waals surface area contributed by atoms with E-state index < -0.39 is 0 Å². The van der Waals surface area contributed by atoms with Gasteiger partial charge in [0.25, 0.3) is 0 Å². The summed E-state index contributed by atoms with van der Waals surface area (Å²) >= 11 is 0. The van der Waals surface area contributed by atoms with E-state index in [-0.39, 0.29) is 0 Å². The maximum Gasteiger partial charge on any atom is 0.0951 e. The Morgan fingerprint density at radius 1 is 1.32 bits per heavy atom. The Balaban J connectivity index is 2.27. The molecule has 1 unspecified atom stereocenters. The first-order valence-corrected chi connectivity index (χ1v) is 6.72. The van der Waals surface area contributed by atoms with Crippen LogP contribution in [0, 0.1) is 12.8 Å². The van der Waals surface area contributed by atoms with E-state index in [1.54, 1.807) is 0 Å². The number of rotatable bonds is 5. The molecule has 0 amide bonds.